The van der Waals surface area contributed by atoms with Crippen molar-refractivity contribution in [1.29, 1.82) is 0 Å². The van der Waals surface area contributed by atoms with E-state index in [-0.39, 0.29) is 22.9 Å². The molecule has 1 heterocycles. The molecule has 1 aromatic carbocycles. The van der Waals surface area contributed by atoms with Crippen molar-refractivity contribution in [3.8, 4) is 0 Å². The van der Waals surface area contributed by atoms with E-state index in [0.717, 1.165) is 4.90 Å². The molecular weight excluding hydrogens is 260 g/mol. The lowest BCUT2D eigenvalue weighted by molar-refractivity contribution is -0.384. The van der Waals surface area contributed by atoms with Crippen LogP contribution in [0.5, 0.6) is 0 Å². The number of nitro groups is 1. The average molecular weight is 268 g/mol. The van der Waals surface area contributed by atoms with Gasteiger partial charge < -0.3 is 0 Å². The number of carbonyl (C=O) groups excluding carboxylic acids is 2. The van der Waals surface area contributed by atoms with Crippen LogP contribution in [0, 0.1) is 10.1 Å². The van der Waals surface area contributed by atoms with E-state index in [0.29, 0.717) is 0 Å². The van der Waals surface area contributed by atoms with Crippen LogP contribution in [0.4, 0.5) is 11.4 Å². The van der Waals surface area contributed by atoms with Crippen molar-refractivity contribution < 1.29 is 18.7 Å². The summed E-state index contributed by atoms with van der Waals surface area (Å²) in [4.78, 5) is 34.0. The van der Waals surface area contributed by atoms with Gasteiger partial charge in [0, 0.05) is 22.9 Å². The maximum Gasteiger partial charge on any atom is 0.269 e. The van der Waals surface area contributed by atoms with Gasteiger partial charge >= 0.3 is 0 Å². The summed E-state index contributed by atoms with van der Waals surface area (Å²) in [5.41, 5.74) is 0.131. The lowest BCUT2D eigenvalue weighted by Gasteiger charge is -2.24. The molecule has 0 saturated carbocycles. The summed E-state index contributed by atoms with van der Waals surface area (Å²) in [5, 5.41) is 10.5. The van der Waals surface area contributed by atoms with Crippen LogP contribution >= 0.6 is 0 Å². The van der Waals surface area contributed by atoms with Crippen LogP contribution in [0.1, 0.15) is 0 Å². The summed E-state index contributed by atoms with van der Waals surface area (Å²) in [5.74, 6) is -1.53. The highest BCUT2D eigenvalue weighted by molar-refractivity contribution is 7.86. The van der Waals surface area contributed by atoms with Crippen molar-refractivity contribution in [3.05, 3.63) is 34.4 Å². The monoisotopic (exact) mass is 268 g/mol. The number of hydrogen-bond acceptors (Lipinski definition) is 5. The minimum atomic E-state index is -1.46. The molecule has 18 heavy (non-hydrogen) atoms. The SMILES string of the molecule is O=C1CS(=O)CC(=O)N1c1ccc([N+](=O)[O-])cc1. The summed E-state index contributed by atoms with van der Waals surface area (Å²) in [6.07, 6.45) is 0. The number of hydrogen-bond donors (Lipinski definition) is 0. The van der Waals surface area contributed by atoms with Gasteiger partial charge in [-0.2, -0.15) is 0 Å². The van der Waals surface area contributed by atoms with Crippen molar-refractivity contribution in [2.75, 3.05) is 16.4 Å². The third-order valence-electron chi connectivity index (χ3n) is 2.39. The molecule has 2 rings (SSSR count). The molecule has 1 aliphatic heterocycles. The van der Waals surface area contributed by atoms with Crippen LogP contribution in [-0.4, -0.2) is 32.5 Å². The Balaban J connectivity index is 2.30. The molecule has 94 valence electrons. The van der Waals surface area contributed by atoms with Gasteiger partial charge in [-0.05, 0) is 12.1 Å². The van der Waals surface area contributed by atoms with Crippen molar-refractivity contribution in [2.24, 2.45) is 0 Å². The smallest absolute Gasteiger partial charge is 0.269 e. The fraction of sp³-hybridized carbons (Fsp3) is 0.200. The fourth-order valence-corrected chi connectivity index (χ4v) is 2.52. The number of non-ortho nitro benzene ring substituents is 1. The van der Waals surface area contributed by atoms with E-state index in [1.54, 1.807) is 0 Å². The molecule has 0 atom stereocenters. The number of nitrogens with zero attached hydrogens (tertiary/aromatic N) is 2. The maximum absolute atomic E-state index is 11.6. The van der Waals surface area contributed by atoms with E-state index in [9.17, 15) is 23.9 Å². The van der Waals surface area contributed by atoms with Gasteiger partial charge in [-0.25, -0.2) is 4.90 Å². The molecule has 0 spiro atoms. The van der Waals surface area contributed by atoms with Crippen LogP contribution in [0.3, 0.4) is 0 Å². The molecule has 0 aliphatic carbocycles. The fourth-order valence-electron chi connectivity index (χ4n) is 1.61. The summed E-state index contributed by atoms with van der Waals surface area (Å²) in [6.45, 7) is 0. The van der Waals surface area contributed by atoms with E-state index in [1.807, 2.05) is 0 Å². The normalized spacial score (nSPS) is 17.0. The van der Waals surface area contributed by atoms with Crippen molar-refractivity contribution in [1.82, 2.24) is 0 Å². The van der Waals surface area contributed by atoms with Gasteiger partial charge in [0.1, 0.15) is 11.5 Å². The molecule has 0 unspecified atom stereocenters. The summed E-state index contributed by atoms with van der Waals surface area (Å²) in [7, 11) is -1.46. The first-order valence-electron chi connectivity index (χ1n) is 4.94. The van der Waals surface area contributed by atoms with Crippen LogP contribution in [-0.2, 0) is 20.4 Å². The zero-order valence-corrected chi connectivity index (χ0v) is 9.88. The Morgan fingerprint density at radius 3 is 2.06 bits per heavy atom. The van der Waals surface area contributed by atoms with E-state index in [4.69, 9.17) is 0 Å². The Morgan fingerprint density at radius 1 is 1.11 bits per heavy atom. The van der Waals surface area contributed by atoms with Gasteiger partial charge in [-0.15, -0.1) is 0 Å². The van der Waals surface area contributed by atoms with Gasteiger partial charge in [0.25, 0.3) is 5.69 Å². The van der Waals surface area contributed by atoms with E-state index in [1.165, 1.54) is 24.3 Å². The number of rotatable bonds is 2. The molecular formula is C10H8N2O5S. The predicted molar refractivity (Wildman–Crippen MR) is 63.5 cm³/mol. The molecule has 0 N–H and O–H groups in total. The molecule has 0 radical (unpaired) electrons. The molecule has 8 heteroatoms. The lowest BCUT2D eigenvalue weighted by atomic mass is 10.2. The molecule has 2 amide bonds. The van der Waals surface area contributed by atoms with Crippen LogP contribution in [0.15, 0.2) is 24.3 Å². The van der Waals surface area contributed by atoms with Crippen LogP contribution in [0.2, 0.25) is 0 Å². The second-order valence-electron chi connectivity index (χ2n) is 3.62. The van der Waals surface area contributed by atoms with E-state index < -0.39 is 27.5 Å². The lowest BCUT2D eigenvalue weighted by Crippen LogP contribution is -2.47. The van der Waals surface area contributed by atoms with Crippen LogP contribution < -0.4 is 4.90 Å². The number of anilines is 1. The van der Waals surface area contributed by atoms with E-state index in [2.05, 4.69) is 0 Å². The number of carbonyl (C=O) groups is 2. The predicted octanol–water partition coefficient (Wildman–Crippen LogP) is 0.217. The second kappa shape index (κ2) is 4.65. The van der Waals surface area contributed by atoms with Crippen molar-refractivity contribution >= 4 is 34.0 Å². The van der Waals surface area contributed by atoms with Gasteiger partial charge in [-0.1, -0.05) is 0 Å². The largest absolute Gasteiger partial charge is 0.273 e. The molecule has 0 bridgehead atoms. The molecule has 7 nitrogen and oxygen atoms in total. The zero-order chi connectivity index (χ0) is 13.3. The average Bonchev–Trinajstić information content (AvgIpc) is 2.28. The maximum atomic E-state index is 11.6. The Morgan fingerprint density at radius 2 is 1.61 bits per heavy atom. The molecule has 1 fully saturated rings. The Hall–Kier alpha value is -2.09. The Labute approximate surface area is 104 Å². The Bertz CT molecular complexity index is 534. The topological polar surface area (TPSA) is 97.6 Å². The standard InChI is InChI=1S/C10H8N2O5S/c13-9-5-18(17)6-10(14)11(9)7-1-3-8(4-2-7)12(15)16/h1-4H,5-6H2. The summed E-state index contributed by atoms with van der Waals surface area (Å²) >= 11 is 0. The van der Waals surface area contributed by atoms with Crippen LogP contribution in [0.25, 0.3) is 0 Å². The summed E-state index contributed by atoms with van der Waals surface area (Å²) < 4.78 is 11.2. The third-order valence-corrected chi connectivity index (χ3v) is 3.52. The molecule has 1 aromatic rings. The first-order valence-corrected chi connectivity index (χ1v) is 6.43. The number of amides is 2. The van der Waals surface area contributed by atoms with Gasteiger partial charge in [0.2, 0.25) is 11.8 Å². The number of benzene rings is 1. The third kappa shape index (κ3) is 2.28. The first kappa shape index (κ1) is 12.4. The molecule has 1 saturated heterocycles. The summed E-state index contributed by atoms with van der Waals surface area (Å²) in [6, 6.07) is 5.06. The second-order valence-corrected chi connectivity index (χ2v) is 5.08. The minimum absolute atomic E-state index is 0.126. The van der Waals surface area contributed by atoms with Crippen molar-refractivity contribution in [2.45, 2.75) is 0 Å². The highest BCUT2D eigenvalue weighted by Gasteiger charge is 2.31. The molecule has 0 aromatic heterocycles. The van der Waals surface area contributed by atoms with Gasteiger partial charge in [0.05, 0.1) is 10.6 Å². The van der Waals surface area contributed by atoms with Crippen molar-refractivity contribution in [3.63, 3.8) is 0 Å². The minimum Gasteiger partial charge on any atom is -0.273 e. The van der Waals surface area contributed by atoms with Gasteiger partial charge in [0.15, 0.2) is 0 Å². The first-order chi connectivity index (χ1) is 8.49. The number of imide groups is 1. The quantitative estimate of drug-likeness (QED) is 0.434. The Kier molecular flexibility index (Phi) is 3.19. The van der Waals surface area contributed by atoms with Gasteiger partial charge in [-0.3, -0.25) is 23.9 Å². The zero-order valence-electron chi connectivity index (χ0n) is 9.07. The highest BCUT2D eigenvalue weighted by Crippen LogP contribution is 2.21. The number of nitro benzene ring substituents is 1. The highest BCUT2D eigenvalue weighted by atomic mass is 32.2. The molecule has 1 aliphatic rings. The van der Waals surface area contributed by atoms with E-state index >= 15 is 0 Å².